The number of carbonyl (C=O) groups is 1. The first-order chi connectivity index (χ1) is 7.30. The number of hydrogen-bond donors (Lipinski definition) is 1. The van der Waals surface area contributed by atoms with Crippen molar-refractivity contribution in [1.82, 2.24) is 9.36 Å². The lowest BCUT2D eigenvalue weighted by Crippen LogP contribution is -2.13. The highest BCUT2D eigenvalue weighted by Crippen LogP contribution is 2.27. The maximum absolute atomic E-state index is 10.6. The summed E-state index contributed by atoms with van der Waals surface area (Å²) in [6, 6.07) is 0. The summed E-state index contributed by atoms with van der Waals surface area (Å²) in [5, 5.41) is 8.75. The molecule has 0 radical (unpaired) electrons. The SMILES string of the molecule is CC(CSc1nc(C(C)(C)C)ns1)C(=O)O. The zero-order valence-electron chi connectivity index (χ0n) is 9.85. The maximum Gasteiger partial charge on any atom is 0.307 e. The molecule has 1 unspecified atom stereocenters. The first-order valence-electron chi connectivity index (χ1n) is 5.00. The van der Waals surface area contributed by atoms with E-state index in [4.69, 9.17) is 5.11 Å². The molecule has 1 aromatic heterocycles. The Morgan fingerprint density at radius 3 is 2.62 bits per heavy atom. The summed E-state index contributed by atoms with van der Waals surface area (Å²) in [5.41, 5.74) is -0.0479. The molecule has 0 saturated carbocycles. The fourth-order valence-electron chi connectivity index (χ4n) is 0.840. The molecule has 0 fully saturated rings. The zero-order valence-corrected chi connectivity index (χ0v) is 11.5. The summed E-state index contributed by atoms with van der Waals surface area (Å²) in [4.78, 5) is 15.0. The van der Waals surface area contributed by atoms with Crippen molar-refractivity contribution in [1.29, 1.82) is 0 Å². The second kappa shape index (κ2) is 5.14. The van der Waals surface area contributed by atoms with E-state index in [-0.39, 0.29) is 11.3 Å². The molecule has 1 rings (SSSR count). The third-order valence-electron chi connectivity index (χ3n) is 1.96. The Hall–Kier alpha value is -0.620. The van der Waals surface area contributed by atoms with Crippen LogP contribution in [0.2, 0.25) is 0 Å². The molecule has 1 aromatic rings. The predicted molar refractivity (Wildman–Crippen MR) is 66.1 cm³/mol. The molecule has 0 spiro atoms. The highest BCUT2D eigenvalue weighted by atomic mass is 32.2. The van der Waals surface area contributed by atoms with Gasteiger partial charge in [-0.25, -0.2) is 4.98 Å². The van der Waals surface area contributed by atoms with Crippen molar-refractivity contribution in [2.45, 2.75) is 37.4 Å². The van der Waals surface area contributed by atoms with Crippen LogP contribution in [0, 0.1) is 5.92 Å². The Morgan fingerprint density at radius 1 is 1.56 bits per heavy atom. The minimum Gasteiger partial charge on any atom is -0.481 e. The Bertz CT molecular complexity index is 371. The molecule has 90 valence electrons. The second-order valence-corrected chi connectivity index (χ2v) is 6.70. The minimum absolute atomic E-state index is 0.0479. The fourth-order valence-corrected chi connectivity index (χ4v) is 2.66. The van der Waals surface area contributed by atoms with Crippen LogP contribution in [0.5, 0.6) is 0 Å². The molecule has 1 heterocycles. The number of carboxylic acids is 1. The van der Waals surface area contributed by atoms with E-state index in [1.54, 1.807) is 6.92 Å². The first kappa shape index (κ1) is 13.4. The molecular formula is C10H16N2O2S2. The van der Waals surface area contributed by atoms with Gasteiger partial charge in [0.25, 0.3) is 0 Å². The normalized spacial score (nSPS) is 13.8. The van der Waals surface area contributed by atoms with Gasteiger partial charge in [-0.05, 0) is 11.5 Å². The van der Waals surface area contributed by atoms with E-state index in [1.807, 2.05) is 0 Å². The topological polar surface area (TPSA) is 63.1 Å². The van der Waals surface area contributed by atoms with Gasteiger partial charge in [0.05, 0.1) is 5.92 Å². The van der Waals surface area contributed by atoms with Gasteiger partial charge in [0.15, 0.2) is 4.34 Å². The molecule has 0 amide bonds. The van der Waals surface area contributed by atoms with Crippen LogP contribution < -0.4 is 0 Å². The molecule has 1 N–H and O–H groups in total. The fraction of sp³-hybridized carbons (Fsp3) is 0.700. The minimum atomic E-state index is -0.770. The van der Waals surface area contributed by atoms with Gasteiger partial charge in [0, 0.05) is 11.2 Å². The number of aliphatic carboxylic acids is 1. The van der Waals surface area contributed by atoms with Crippen LogP contribution in [0.4, 0.5) is 0 Å². The van der Waals surface area contributed by atoms with E-state index in [0.717, 1.165) is 10.2 Å². The largest absolute Gasteiger partial charge is 0.481 e. The summed E-state index contributed by atoms with van der Waals surface area (Å²) >= 11 is 2.80. The van der Waals surface area contributed by atoms with Crippen LogP contribution in [0.25, 0.3) is 0 Å². The zero-order chi connectivity index (χ0) is 12.3. The Labute approximate surface area is 104 Å². The van der Waals surface area contributed by atoms with Gasteiger partial charge in [-0.1, -0.05) is 39.5 Å². The van der Waals surface area contributed by atoms with Crippen LogP contribution in [0.15, 0.2) is 4.34 Å². The van der Waals surface area contributed by atoms with Crippen molar-refractivity contribution in [2.24, 2.45) is 5.92 Å². The highest BCUT2D eigenvalue weighted by Gasteiger charge is 2.20. The lowest BCUT2D eigenvalue weighted by Gasteiger charge is -2.12. The van der Waals surface area contributed by atoms with Gasteiger partial charge in [-0.3, -0.25) is 4.79 Å². The Kier molecular flexibility index (Phi) is 4.32. The standard InChI is InChI=1S/C10H16N2O2S2/c1-6(7(13)14)5-15-9-11-8(12-16-9)10(2,3)4/h6H,5H2,1-4H3,(H,13,14). The molecule has 4 nitrogen and oxygen atoms in total. The number of rotatable bonds is 4. The summed E-state index contributed by atoms with van der Waals surface area (Å²) in [6.45, 7) is 7.87. The van der Waals surface area contributed by atoms with E-state index < -0.39 is 5.97 Å². The van der Waals surface area contributed by atoms with E-state index in [1.165, 1.54) is 23.3 Å². The molecular weight excluding hydrogens is 244 g/mol. The molecule has 1 atom stereocenters. The molecule has 0 aliphatic heterocycles. The summed E-state index contributed by atoms with van der Waals surface area (Å²) in [6.07, 6.45) is 0. The number of carboxylic acid groups (broad SMARTS) is 1. The van der Waals surface area contributed by atoms with Crippen molar-refractivity contribution in [3.05, 3.63) is 5.82 Å². The number of aromatic nitrogens is 2. The monoisotopic (exact) mass is 260 g/mol. The first-order valence-corrected chi connectivity index (χ1v) is 6.76. The van der Waals surface area contributed by atoms with Crippen LogP contribution in [0.1, 0.15) is 33.5 Å². The third kappa shape index (κ3) is 3.75. The Morgan fingerprint density at radius 2 is 2.19 bits per heavy atom. The smallest absolute Gasteiger partial charge is 0.307 e. The van der Waals surface area contributed by atoms with Crippen LogP contribution in [-0.4, -0.2) is 26.2 Å². The van der Waals surface area contributed by atoms with Gasteiger partial charge in [-0.2, -0.15) is 4.37 Å². The van der Waals surface area contributed by atoms with Gasteiger partial charge in [0.1, 0.15) is 5.82 Å². The van der Waals surface area contributed by atoms with E-state index >= 15 is 0 Å². The lowest BCUT2D eigenvalue weighted by atomic mass is 9.96. The van der Waals surface area contributed by atoms with Gasteiger partial charge in [-0.15, -0.1) is 0 Å². The van der Waals surface area contributed by atoms with Crippen molar-refractivity contribution in [2.75, 3.05) is 5.75 Å². The predicted octanol–water partition coefficient (Wildman–Crippen LogP) is 2.65. The van der Waals surface area contributed by atoms with E-state index in [2.05, 4.69) is 30.1 Å². The maximum atomic E-state index is 10.6. The molecule has 0 saturated heterocycles. The highest BCUT2D eigenvalue weighted by molar-refractivity contribution is 8.00. The lowest BCUT2D eigenvalue weighted by molar-refractivity contribution is -0.140. The van der Waals surface area contributed by atoms with E-state index in [9.17, 15) is 4.79 Å². The quantitative estimate of drug-likeness (QED) is 0.843. The average molecular weight is 260 g/mol. The third-order valence-corrected chi connectivity index (χ3v) is 4.05. The van der Waals surface area contributed by atoms with Crippen molar-refractivity contribution < 1.29 is 9.90 Å². The number of nitrogens with zero attached hydrogens (tertiary/aromatic N) is 2. The summed E-state index contributed by atoms with van der Waals surface area (Å²) in [7, 11) is 0. The van der Waals surface area contributed by atoms with Crippen LogP contribution >= 0.6 is 23.3 Å². The van der Waals surface area contributed by atoms with E-state index in [0.29, 0.717) is 5.75 Å². The van der Waals surface area contributed by atoms with Crippen LogP contribution in [-0.2, 0) is 10.2 Å². The number of thioether (sulfide) groups is 1. The molecule has 0 aliphatic carbocycles. The average Bonchev–Trinajstić information content (AvgIpc) is 2.61. The van der Waals surface area contributed by atoms with Crippen LogP contribution in [0.3, 0.4) is 0 Å². The van der Waals surface area contributed by atoms with Crippen molar-refractivity contribution in [3.63, 3.8) is 0 Å². The van der Waals surface area contributed by atoms with Gasteiger partial charge >= 0.3 is 5.97 Å². The molecule has 0 aliphatic rings. The second-order valence-electron chi connectivity index (χ2n) is 4.68. The molecule has 16 heavy (non-hydrogen) atoms. The number of hydrogen-bond acceptors (Lipinski definition) is 5. The summed E-state index contributed by atoms with van der Waals surface area (Å²) in [5.74, 6) is 0.233. The van der Waals surface area contributed by atoms with Gasteiger partial charge in [0.2, 0.25) is 0 Å². The van der Waals surface area contributed by atoms with Gasteiger partial charge < -0.3 is 5.11 Å². The Balaban J connectivity index is 2.57. The summed E-state index contributed by atoms with van der Waals surface area (Å²) < 4.78 is 5.12. The molecule has 0 aromatic carbocycles. The molecule has 6 heteroatoms. The molecule has 0 bridgehead atoms. The van der Waals surface area contributed by atoms with Crippen molar-refractivity contribution >= 4 is 29.3 Å². The van der Waals surface area contributed by atoms with Crippen molar-refractivity contribution in [3.8, 4) is 0 Å².